The summed E-state index contributed by atoms with van der Waals surface area (Å²) in [6.07, 6.45) is 6.58. The summed E-state index contributed by atoms with van der Waals surface area (Å²) >= 11 is 0. The number of unbranched alkanes of at least 4 members (excludes halogenated alkanes) is 5. The van der Waals surface area contributed by atoms with E-state index in [9.17, 15) is 16.8 Å². The fourth-order valence-electron chi connectivity index (χ4n) is 1.37. The van der Waals surface area contributed by atoms with Crippen molar-refractivity contribution in [3.63, 3.8) is 0 Å². The van der Waals surface area contributed by atoms with Gasteiger partial charge in [-0.15, -0.1) is 0 Å². The first-order chi connectivity index (χ1) is 7.57. The van der Waals surface area contributed by atoms with E-state index in [1.807, 2.05) is 0 Å². The molecular weight excluding hydrogens is 248 g/mol. The van der Waals surface area contributed by atoms with Crippen molar-refractivity contribution < 1.29 is 16.8 Å². The molecule has 0 fully saturated rings. The summed E-state index contributed by atoms with van der Waals surface area (Å²) in [6.45, 7) is 2.13. The van der Waals surface area contributed by atoms with Gasteiger partial charge in [0.25, 0.3) is 0 Å². The number of hydrogen-bond donors (Lipinski definition) is 0. The van der Waals surface area contributed by atoms with Gasteiger partial charge in [-0.2, -0.15) is 16.8 Å². The van der Waals surface area contributed by atoms with Crippen LogP contribution in [0.2, 0.25) is 0 Å². The Morgan fingerprint density at radius 2 is 1.50 bits per heavy atom. The van der Waals surface area contributed by atoms with Crippen molar-refractivity contribution in [3.8, 4) is 0 Å². The van der Waals surface area contributed by atoms with Crippen molar-refractivity contribution in [3.05, 3.63) is 0 Å². The van der Waals surface area contributed by atoms with Crippen molar-refractivity contribution in [2.24, 2.45) is 0 Å². The normalized spacial score (nSPS) is 9.81. The van der Waals surface area contributed by atoms with Gasteiger partial charge in [0.05, 0.1) is 10.2 Å². The summed E-state index contributed by atoms with van der Waals surface area (Å²) < 4.78 is 42.0. The van der Waals surface area contributed by atoms with Crippen LogP contribution in [0.25, 0.3) is 0 Å². The molecule has 94 valence electrons. The van der Waals surface area contributed by atoms with E-state index in [-0.39, 0.29) is 4.86 Å². The SMILES string of the molecule is CCCCCCCCC(C=S(=O)=O)=S(=O)=O. The molecule has 0 aliphatic rings. The number of hydrogen-bond acceptors (Lipinski definition) is 4. The van der Waals surface area contributed by atoms with Gasteiger partial charge in [-0.25, -0.2) is 0 Å². The largest absolute Gasteiger partial charge is 0.218 e. The Morgan fingerprint density at radius 1 is 0.938 bits per heavy atom. The van der Waals surface area contributed by atoms with Crippen LogP contribution in [0.1, 0.15) is 51.9 Å². The average molecular weight is 266 g/mol. The van der Waals surface area contributed by atoms with E-state index in [0.717, 1.165) is 31.1 Å². The third-order valence-corrected chi connectivity index (χ3v) is 3.59. The molecule has 6 heteroatoms. The topological polar surface area (TPSA) is 68.3 Å². The molecule has 0 saturated heterocycles. The second-order valence-corrected chi connectivity index (χ2v) is 5.35. The van der Waals surface area contributed by atoms with Crippen LogP contribution in [-0.4, -0.2) is 27.1 Å². The van der Waals surface area contributed by atoms with E-state index < -0.39 is 20.6 Å². The third kappa shape index (κ3) is 8.67. The highest BCUT2D eigenvalue weighted by Gasteiger charge is 1.99. The first kappa shape index (κ1) is 15.4. The van der Waals surface area contributed by atoms with Gasteiger partial charge in [0.2, 0.25) is 20.6 Å². The predicted molar refractivity (Wildman–Crippen MR) is 66.9 cm³/mol. The molecule has 0 heterocycles. The van der Waals surface area contributed by atoms with Gasteiger partial charge >= 0.3 is 0 Å². The van der Waals surface area contributed by atoms with Crippen molar-refractivity contribution in [1.82, 2.24) is 0 Å². The Balaban J connectivity index is 4.00. The highest BCUT2D eigenvalue weighted by molar-refractivity contribution is 7.81. The fraction of sp³-hybridized carbons (Fsp3) is 0.800. The molecule has 16 heavy (non-hydrogen) atoms. The summed E-state index contributed by atoms with van der Waals surface area (Å²) in [6, 6.07) is 0. The van der Waals surface area contributed by atoms with Crippen molar-refractivity contribution in [2.45, 2.75) is 51.9 Å². The van der Waals surface area contributed by atoms with Gasteiger partial charge in [0, 0.05) is 0 Å². The van der Waals surface area contributed by atoms with Crippen LogP contribution in [0.4, 0.5) is 0 Å². The summed E-state index contributed by atoms with van der Waals surface area (Å²) in [5.41, 5.74) is 0. The minimum atomic E-state index is -2.43. The minimum absolute atomic E-state index is 0.0242. The van der Waals surface area contributed by atoms with Gasteiger partial charge in [-0.3, -0.25) is 0 Å². The van der Waals surface area contributed by atoms with Crippen LogP contribution in [-0.2, 0) is 20.6 Å². The molecule has 0 aliphatic carbocycles. The standard InChI is InChI=1S/C10H18O4S2/c1-2-3-4-5-6-7-8-10(16(13)14)9-15(11)12/h9H,2-8H2,1H3. The van der Waals surface area contributed by atoms with E-state index in [4.69, 9.17) is 0 Å². The summed E-state index contributed by atoms with van der Waals surface area (Å²) in [5, 5.41) is 0.773. The lowest BCUT2D eigenvalue weighted by Crippen LogP contribution is -2.02. The van der Waals surface area contributed by atoms with Crippen molar-refractivity contribution in [1.29, 1.82) is 0 Å². The van der Waals surface area contributed by atoms with Crippen LogP contribution in [0.3, 0.4) is 0 Å². The van der Waals surface area contributed by atoms with E-state index in [1.165, 1.54) is 12.8 Å². The molecule has 0 aromatic carbocycles. The zero-order valence-electron chi connectivity index (χ0n) is 9.48. The van der Waals surface area contributed by atoms with Gasteiger partial charge < -0.3 is 0 Å². The molecule has 0 spiro atoms. The molecule has 0 rings (SSSR count). The molecule has 0 aromatic heterocycles. The third-order valence-electron chi connectivity index (χ3n) is 2.22. The van der Waals surface area contributed by atoms with Gasteiger partial charge in [0.1, 0.15) is 0 Å². The molecule has 0 aromatic rings. The lowest BCUT2D eigenvalue weighted by molar-refractivity contribution is 0.614. The Morgan fingerprint density at radius 3 is 2.00 bits per heavy atom. The molecule has 0 bridgehead atoms. The van der Waals surface area contributed by atoms with Gasteiger partial charge in [-0.1, -0.05) is 39.0 Å². The Labute approximate surface area is 99.7 Å². The highest BCUT2D eigenvalue weighted by atomic mass is 32.2. The molecular formula is C10H18O4S2. The minimum Gasteiger partial charge on any atom is -0.185 e. The van der Waals surface area contributed by atoms with Crippen molar-refractivity contribution in [2.75, 3.05) is 0 Å². The molecule has 0 unspecified atom stereocenters. The first-order valence-electron chi connectivity index (χ1n) is 5.46. The van der Waals surface area contributed by atoms with E-state index in [1.54, 1.807) is 0 Å². The van der Waals surface area contributed by atoms with Crippen molar-refractivity contribution >= 4 is 30.8 Å². The van der Waals surface area contributed by atoms with Crippen LogP contribution < -0.4 is 0 Å². The lowest BCUT2D eigenvalue weighted by atomic mass is 10.1. The first-order valence-corrected chi connectivity index (χ1v) is 7.67. The number of rotatable bonds is 8. The maximum absolute atomic E-state index is 10.7. The maximum Gasteiger partial charge on any atom is 0.218 e. The zero-order valence-corrected chi connectivity index (χ0v) is 11.1. The van der Waals surface area contributed by atoms with Gasteiger partial charge in [0.15, 0.2) is 0 Å². The summed E-state index contributed by atoms with van der Waals surface area (Å²) in [4.78, 5) is -0.0242. The molecule has 0 amide bonds. The van der Waals surface area contributed by atoms with Gasteiger partial charge in [-0.05, 0) is 12.8 Å². The van der Waals surface area contributed by atoms with E-state index >= 15 is 0 Å². The quantitative estimate of drug-likeness (QED) is 0.493. The zero-order chi connectivity index (χ0) is 12.4. The molecule has 0 N–H and O–H groups in total. The van der Waals surface area contributed by atoms with Crippen LogP contribution in [0.5, 0.6) is 0 Å². The lowest BCUT2D eigenvalue weighted by Gasteiger charge is -1.98. The second-order valence-electron chi connectivity index (χ2n) is 3.60. The molecule has 0 radical (unpaired) electrons. The van der Waals surface area contributed by atoms with E-state index in [0.29, 0.717) is 6.42 Å². The molecule has 4 nitrogen and oxygen atoms in total. The molecule has 0 aliphatic heterocycles. The Hall–Kier alpha value is -0.620. The van der Waals surface area contributed by atoms with Crippen LogP contribution >= 0.6 is 0 Å². The van der Waals surface area contributed by atoms with E-state index in [2.05, 4.69) is 6.92 Å². The maximum atomic E-state index is 10.7. The monoisotopic (exact) mass is 266 g/mol. The van der Waals surface area contributed by atoms with Crippen LogP contribution in [0.15, 0.2) is 0 Å². The van der Waals surface area contributed by atoms with Crippen LogP contribution in [0, 0.1) is 0 Å². The summed E-state index contributed by atoms with van der Waals surface area (Å²) in [7, 11) is -4.85. The smallest absolute Gasteiger partial charge is 0.185 e. The molecule has 0 atom stereocenters. The highest BCUT2D eigenvalue weighted by Crippen LogP contribution is 2.06. The second kappa shape index (κ2) is 9.59. The average Bonchev–Trinajstić information content (AvgIpc) is 2.20. The fourth-order valence-corrected chi connectivity index (χ4v) is 2.56. The Kier molecular flexibility index (Phi) is 9.22. The predicted octanol–water partition coefficient (Wildman–Crippen LogP) is 1.47. The Bertz CT molecular complexity index is 427. The summed E-state index contributed by atoms with van der Waals surface area (Å²) in [5.74, 6) is 0. The molecule has 0 saturated carbocycles.